The summed E-state index contributed by atoms with van der Waals surface area (Å²) in [5.41, 5.74) is 3.12. The second kappa shape index (κ2) is 6.67. The molecule has 0 fully saturated rings. The van der Waals surface area contributed by atoms with Crippen molar-refractivity contribution in [2.45, 2.75) is 26.8 Å². The molecule has 0 aromatic heterocycles. The maximum absolute atomic E-state index is 14.4. The number of halogens is 3. The molecule has 21 heavy (non-hydrogen) atoms. The Kier molecular flexibility index (Phi) is 5.12. The molecule has 0 saturated carbocycles. The van der Waals surface area contributed by atoms with Crippen molar-refractivity contribution in [1.29, 1.82) is 0 Å². The van der Waals surface area contributed by atoms with Crippen molar-refractivity contribution in [2.24, 2.45) is 0 Å². The normalized spacial score (nSPS) is 12.5. The van der Waals surface area contributed by atoms with E-state index in [2.05, 4.69) is 21.2 Å². The van der Waals surface area contributed by atoms with E-state index in [4.69, 9.17) is 0 Å². The van der Waals surface area contributed by atoms with E-state index in [9.17, 15) is 8.78 Å². The monoisotopic (exact) mass is 353 g/mol. The minimum absolute atomic E-state index is 0.265. The molecule has 1 atom stereocenters. The number of nitrogens with one attached hydrogen (secondary N) is 1. The molecule has 0 heterocycles. The van der Waals surface area contributed by atoms with Gasteiger partial charge in [0.15, 0.2) is 0 Å². The summed E-state index contributed by atoms with van der Waals surface area (Å²) >= 11 is 3.22. The molecule has 4 heteroatoms. The van der Waals surface area contributed by atoms with Crippen LogP contribution in [-0.4, -0.2) is 6.54 Å². The van der Waals surface area contributed by atoms with Gasteiger partial charge in [-0.3, -0.25) is 0 Å². The van der Waals surface area contributed by atoms with Crippen LogP contribution in [0.2, 0.25) is 0 Å². The van der Waals surface area contributed by atoms with Crippen LogP contribution in [0.1, 0.15) is 35.2 Å². The predicted octanol–water partition coefficient (Wildman–Crippen LogP) is 5.04. The molecule has 2 aromatic carbocycles. The summed E-state index contributed by atoms with van der Waals surface area (Å²) in [6.07, 6.45) is 0. The van der Waals surface area contributed by atoms with Crippen molar-refractivity contribution in [3.05, 3.63) is 68.7 Å². The molecule has 112 valence electrons. The molecule has 0 aliphatic carbocycles. The van der Waals surface area contributed by atoms with Gasteiger partial charge in [0.25, 0.3) is 0 Å². The average molecular weight is 354 g/mol. The Balaban J connectivity index is 2.62. The van der Waals surface area contributed by atoms with E-state index in [0.717, 1.165) is 16.7 Å². The summed E-state index contributed by atoms with van der Waals surface area (Å²) in [5, 5.41) is 3.30. The van der Waals surface area contributed by atoms with Crippen molar-refractivity contribution in [3.63, 3.8) is 0 Å². The van der Waals surface area contributed by atoms with Crippen molar-refractivity contribution in [2.75, 3.05) is 6.54 Å². The summed E-state index contributed by atoms with van der Waals surface area (Å²) in [7, 11) is 0. The smallest absolute Gasteiger partial charge is 0.142 e. The molecule has 0 amide bonds. The lowest BCUT2D eigenvalue weighted by atomic mass is 9.91. The van der Waals surface area contributed by atoms with Crippen molar-refractivity contribution in [3.8, 4) is 0 Å². The van der Waals surface area contributed by atoms with Gasteiger partial charge in [0.2, 0.25) is 0 Å². The number of hydrogen-bond acceptors (Lipinski definition) is 1. The quantitative estimate of drug-likeness (QED) is 0.811. The van der Waals surface area contributed by atoms with E-state index in [1.54, 1.807) is 18.2 Å². The summed E-state index contributed by atoms with van der Waals surface area (Å²) in [4.78, 5) is 0. The maximum Gasteiger partial charge on any atom is 0.142 e. The van der Waals surface area contributed by atoms with Crippen LogP contribution in [0.15, 0.2) is 34.8 Å². The molecular formula is C17H18BrF2N. The van der Waals surface area contributed by atoms with Gasteiger partial charge in [0, 0.05) is 5.56 Å². The first kappa shape index (κ1) is 16.1. The number of hydrogen-bond donors (Lipinski definition) is 1. The Morgan fingerprint density at radius 1 is 1.14 bits per heavy atom. The van der Waals surface area contributed by atoms with Crippen molar-refractivity contribution in [1.82, 2.24) is 5.32 Å². The Morgan fingerprint density at radius 3 is 2.33 bits per heavy atom. The van der Waals surface area contributed by atoms with Crippen LogP contribution in [0.25, 0.3) is 0 Å². The lowest BCUT2D eigenvalue weighted by molar-refractivity contribution is 0.550. The first-order valence-electron chi connectivity index (χ1n) is 6.89. The van der Waals surface area contributed by atoms with E-state index in [-0.39, 0.29) is 17.7 Å². The highest BCUT2D eigenvalue weighted by atomic mass is 79.9. The summed E-state index contributed by atoms with van der Waals surface area (Å²) in [5.74, 6) is -0.551. The predicted molar refractivity (Wildman–Crippen MR) is 85.5 cm³/mol. The largest absolute Gasteiger partial charge is 0.306 e. The summed E-state index contributed by atoms with van der Waals surface area (Å²) in [6, 6.07) is 7.92. The molecule has 0 aliphatic heterocycles. The van der Waals surface area contributed by atoms with Crippen LogP contribution in [0.4, 0.5) is 8.78 Å². The molecule has 1 nitrogen and oxygen atoms in total. The molecular weight excluding hydrogens is 336 g/mol. The molecule has 0 aliphatic rings. The topological polar surface area (TPSA) is 12.0 Å². The molecule has 0 bridgehead atoms. The molecule has 1 N–H and O–H groups in total. The van der Waals surface area contributed by atoms with Crippen LogP contribution in [0.3, 0.4) is 0 Å². The van der Waals surface area contributed by atoms with E-state index >= 15 is 0 Å². The standard InChI is InChI=1S/C17H18BrF2N/c1-4-21-17(13-6-5-7-14(18)16(13)20)15-10(2)8-12(19)9-11(15)3/h5-9,17,21H,4H2,1-3H3. The van der Waals surface area contributed by atoms with Gasteiger partial charge < -0.3 is 5.32 Å². The third-order valence-electron chi connectivity index (χ3n) is 3.55. The zero-order valence-corrected chi connectivity index (χ0v) is 13.9. The van der Waals surface area contributed by atoms with Crippen molar-refractivity contribution >= 4 is 15.9 Å². The van der Waals surface area contributed by atoms with Crippen LogP contribution >= 0.6 is 15.9 Å². The molecule has 0 spiro atoms. The lowest BCUT2D eigenvalue weighted by Gasteiger charge is -2.24. The highest BCUT2D eigenvalue weighted by Crippen LogP contribution is 2.32. The van der Waals surface area contributed by atoms with Crippen LogP contribution in [0.5, 0.6) is 0 Å². The first-order valence-corrected chi connectivity index (χ1v) is 7.69. The van der Waals surface area contributed by atoms with Crippen LogP contribution in [0, 0.1) is 25.5 Å². The van der Waals surface area contributed by atoms with Crippen LogP contribution in [-0.2, 0) is 0 Å². The van der Waals surface area contributed by atoms with Crippen LogP contribution < -0.4 is 5.32 Å². The Morgan fingerprint density at radius 2 is 1.76 bits per heavy atom. The number of rotatable bonds is 4. The highest BCUT2D eigenvalue weighted by Gasteiger charge is 2.22. The van der Waals surface area contributed by atoms with Gasteiger partial charge in [0.1, 0.15) is 11.6 Å². The van der Waals surface area contributed by atoms with Gasteiger partial charge in [-0.1, -0.05) is 19.1 Å². The van der Waals surface area contributed by atoms with Gasteiger partial charge in [-0.25, -0.2) is 8.78 Å². The molecule has 1 unspecified atom stereocenters. The third kappa shape index (κ3) is 3.33. The van der Waals surface area contributed by atoms with E-state index in [1.165, 1.54) is 12.1 Å². The van der Waals surface area contributed by atoms with E-state index < -0.39 is 0 Å². The Hall–Kier alpha value is -1.26. The Bertz CT molecular complexity index is 632. The second-order valence-corrected chi connectivity index (χ2v) is 5.94. The Labute approximate surface area is 132 Å². The zero-order valence-electron chi connectivity index (χ0n) is 12.3. The van der Waals surface area contributed by atoms with Crippen molar-refractivity contribution < 1.29 is 8.78 Å². The van der Waals surface area contributed by atoms with Gasteiger partial charge >= 0.3 is 0 Å². The fourth-order valence-electron chi connectivity index (χ4n) is 2.69. The second-order valence-electron chi connectivity index (χ2n) is 5.09. The zero-order chi connectivity index (χ0) is 15.6. The third-order valence-corrected chi connectivity index (χ3v) is 4.16. The number of aryl methyl sites for hydroxylation is 2. The minimum atomic E-state index is -0.298. The number of benzene rings is 2. The van der Waals surface area contributed by atoms with Gasteiger partial charge in [-0.15, -0.1) is 0 Å². The van der Waals surface area contributed by atoms with E-state index in [1.807, 2.05) is 20.8 Å². The minimum Gasteiger partial charge on any atom is -0.306 e. The SMILES string of the molecule is CCNC(c1cccc(Br)c1F)c1c(C)cc(F)cc1C. The van der Waals surface area contributed by atoms with Gasteiger partial charge in [-0.05, 0) is 71.2 Å². The first-order chi connectivity index (χ1) is 9.95. The fraction of sp³-hybridized carbons (Fsp3) is 0.294. The fourth-order valence-corrected chi connectivity index (χ4v) is 3.07. The molecule has 2 rings (SSSR count). The maximum atomic E-state index is 14.4. The van der Waals surface area contributed by atoms with Gasteiger partial charge in [0.05, 0.1) is 10.5 Å². The average Bonchev–Trinajstić information content (AvgIpc) is 2.40. The molecule has 0 saturated heterocycles. The molecule has 0 radical (unpaired) electrons. The summed E-state index contributed by atoms with van der Waals surface area (Å²) < 4.78 is 28.4. The highest BCUT2D eigenvalue weighted by molar-refractivity contribution is 9.10. The van der Waals surface area contributed by atoms with E-state index in [0.29, 0.717) is 16.6 Å². The summed E-state index contributed by atoms with van der Waals surface area (Å²) in [6.45, 7) is 6.36. The van der Waals surface area contributed by atoms with Gasteiger partial charge in [-0.2, -0.15) is 0 Å². The molecule has 2 aromatic rings. The lowest BCUT2D eigenvalue weighted by Crippen LogP contribution is -2.25.